The molecule has 22 heavy (non-hydrogen) atoms. The Morgan fingerprint density at radius 3 is 2.50 bits per heavy atom. The molecule has 0 fully saturated rings. The summed E-state index contributed by atoms with van der Waals surface area (Å²) in [5.41, 5.74) is 2.63. The van der Waals surface area contributed by atoms with E-state index in [1.807, 2.05) is 60.9 Å². The van der Waals surface area contributed by atoms with Gasteiger partial charge in [0.05, 0.1) is 18.0 Å². The number of ether oxygens (including phenoxy) is 1. The summed E-state index contributed by atoms with van der Waals surface area (Å²) in [6.45, 7) is 2.16. The van der Waals surface area contributed by atoms with Gasteiger partial charge in [0, 0.05) is 11.0 Å². The zero-order valence-corrected chi connectivity index (χ0v) is 13.5. The highest BCUT2D eigenvalue weighted by Crippen LogP contribution is 2.28. The normalized spacial score (nSPS) is 11.1. The fourth-order valence-corrected chi connectivity index (χ4v) is 2.56. The number of para-hydroxylation sites is 1. The maximum absolute atomic E-state index is 11.8. The number of carbonyl (C=O) groups excluding carboxylic acids is 1. The minimum absolute atomic E-state index is 0.351. The molecule has 0 spiro atoms. The van der Waals surface area contributed by atoms with Gasteiger partial charge in [-0.3, -0.25) is 0 Å². The zero-order valence-electron chi connectivity index (χ0n) is 12.7. The number of benzene rings is 2. The lowest BCUT2D eigenvalue weighted by molar-refractivity contribution is -0.137. The molecular formula is C18H19NO2S. The zero-order chi connectivity index (χ0) is 15.8. The van der Waals surface area contributed by atoms with Crippen LogP contribution in [0.3, 0.4) is 0 Å². The number of nitrogens with one attached hydrogen (secondary N) is 1. The second-order valence-electron chi connectivity index (χ2n) is 4.50. The minimum Gasteiger partial charge on any atom is -0.463 e. The van der Waals surface area contributed by atoms with Crippen molar-refractivity contribution in [1.82, 2.24) is 0 Å². The Balaban J connectivity index is 2.35. The molecule has 0 saturated heterocycles. The van der Waals surface area contributed by atoms with Gasteiger partial charge in [-0.1, -0.05) is 42.5 Å². The first-order valence-corrected chi connectivity index (χ1v) is 8.31. The maximum Gasteiger partial charge on any atom is 0.332 e. The van der Waals surface area contributed by atoms with Gasteiger partial charge in [0.1, 0.15) is 0 Å². The lowest BCUT2D eigenvalue weighted by Crippen LogP contribution is -2.06. The van der Waals surface area contributed by atoms with Crippen LogP contribution >= 0.6 is 11.8 Å². The molecule has 0 aliphatic carbocycles. The Morgan fingerprint density at radius 1 is 1.14 bits per heavy atom. The van der Waals surface area contributed by atoms with Gasteiger partial charge in [0.2, 0.25) is 0 Å². The van der Waals surface area contributed by atoms with E-state index in [0.29, 0.717) is 6.61 Å². The van der Waals surface area contributed by atoms with E-state index >= 15 is 0 Å². The lowest BCUT2D eigenvalue weighted by atomic mass is 10.1. The topological polar surface area (TPSA) is 38.3 Å². The van der Waals surface area contributed by atoms with Crippen molar-refractivity contribution < 1.29 is 9.53 Å². The van der Waals surface area contributed by atoms with Crippen LogP contribution in [0.4, 0.5) is 5.69 Å². The van der Waals surface area contributed by atoms with Gasteiger partial charge in [-0.2, -0.15) is 0 Å². The number of anilines is 1. The molecule has 0 atom stereocenters. The van der Waals surface area contributed by atoms with Gasteiger partial charge in [0.25, 0.3) is 0 Å². The molecular weight excluding hydrogens is 294 g/mol. The smallest absolute Gasteiger partial charge is 0.332 e. The molecule has 0 radical (unpaired) electrons. The SMILES string of the molecule is CCOC(=O)/C=C(/Nc1ccccc1SC)c1ccccc1. The maximum atomic E-state index is 11.8. The van der Waals surface area contributed by atoms with E-state index < -0.39 is 0 Å². The van der Waals surface area contributed by atoms with Crippen LogP contribution in [0.15, 0.2) is 65.6 Å². The second kappa shape index (κ2) is 8.29. The summed E-state index contributed by atoms with van der Waals surface area (Å²) >= 11 is 1.66. The molecule has 0 amide bonds. The number of hydrogen-bond acceptors (Lipinski definition) is 4. The van der Waals surface area contributed by atoms with Crippen LogP contribution in [0, 0.1) is 0 Å². The van der Waals surface area contributed by atoms with Gasteiger partial charge in [-0.05, 0) is 30.9 Å². The first-order valence-electron chi connectivity index (χ1n) is 7.08. The van der Waals surface area contributed by atoms with E-state index in [9.17, 15) is 4.79 Å². The fraction of sp³-hybridized carbons (Fsp3) is 0.167. The van der Waals surface area contributed by atoms with E-state index in [1.165, 1.54) is 6.08 Å². The number of carbonyl (C=O) groups is 1. The number of hydrogen-bond donors (Lipinski definition) is 1. The predicted octanol–water partition coefficient (Wildman–Crippen LogP) is 4.42. The van der Waals surface area contributed by atoms with Crippen LogP contribution in [-0.4, -0.2) is 18.8 Å². The van der Waals surface area contributed by atoms with Crippen molar-refractivity contribution in [3.63, 3.8) is 0 Å². The molecule has 0 aliphatic rings. The molecule has 1 N–H and O–H groups in total. The van der Waals surface area contributed by atoms with Crippen molar-refractivity contribution >= 4 is 29.1 Å². The molecule has 0 unspecified atom stereocenters. The molecule has 4 heteroatoms. The van der Waals surface area contributed by atoms with Crippen molar-refractivity contribution in [2.45, 2.75) is 11.8 Å². The highest BCUT2D eigenvalue weighted by atomic mass is 32.2. The first kappa shape index (κ1) is 16.2. The molecule has 0 aliphatic heterocycles. The van der Waals surface area contributed by atoms with Crippen molar-refractivity contribution in [3.8, 4) is 0 Å². The number of esters is 1. The van der Waals surface area contributed by atoms with E-state index in [4.69, 9.17) is 4.74 Å². The van der Waals surface area contributed by atoms with Crippen molar-refractivity contribution in [2.75, 3.05) is 18.2 Å². The summed E-state index contributed by atoms with van der Waals surface area (Å²) < 4.78 is 5.03. The van der Waals surface area contributed by atoms with Crippen LogP contribution in [0.5, 0.6) is 0 Å². The van der Waals surface area contributed by atoms with E-state index in [2.05, 4.69) is 5.32 Å². The van der Waals surface area contributed by atoms with Gasteiger partial charge in [-0.25, -0.2) is 4.79 Å². The molecule has 0 saturated carbocycles. The summed E-state index contributed by atoms with van der Waals surface area (Å²) in [4.78, 5) is 12.9. The second-order valence-corrected chi connectivity index (χ2v) is 5.35. The lowest BCUT2D eigenvalue weighted by Gasteiger charge is -2.14. The molecule has 0 bridgehead atoms. The molecule has 2 rings (SSSR count). The van der Waals surface area contributed by atoms with E-state index in [0.717, 1.165) is 21.8 Å². The molecule has 2 aromatic rings. The Hall–Kier alpha value is -2.20. The molecule has 0 heterocycles. The third-order valence-corrected chi connectivity index (χ3v) is 3.81. The van der Waals surface area contributed by atoms with Crippen LogP contribution in [0.1, 0.15) is 12.5 Å². The Kier molecular flexibility index (Phi) is 6.10. The Labute approximate surface area is 135 Å². The fourth-order valence-electron chi connectivity index (χ4n) is 2.00. The average molecular weight is 313 g/mol. The van der Waals surface area contributed by atoms with Crippen LogP contribution < -0.4 is 5.32 Å². The molecule has 114 valence electrons. The summed E-state index contributed by atoms with van der Waals surface area (Å²) in [6, 6.07) is 17.7. The monoisotopic (exact) mass is 313 g/mol. The van der Waals surface area contributed by atoms with E-state index in [-0.39, 0.29) is 5.97 Å². The highest BCUT2D eigenvalue weighted by Gasteiger charge is 2.08. The summed E-state index contributed by atoms with van der Waals surface area (Å²) in [7, 11) is 0. The summed E-state index contributed by atoms with van der Waals surface area (Å²) in [5, 5.41) is 3.34. The average Bonchev–Trinajstić information content (AvgIpc) is 2.56. The number of rotatable bonds is 6. The Morgan fingerprint density at radius 2 is 1.82 bits per heavy atom. The Bertz CT molecular complexity index is 653. The molecule has 3 nitrogen and oxygen atoms in total. The van der Waals surface area contributed by atoms with Crippen molar-refractivity contribution in [2.24, 2.45) is 0 Å². The third kappa shape index (κ3) is 4.40. The first-order chi connectivity index (χ1) is 10.7. The van der Waals surface area contributed by atoms with E-state index in [1.54, 1.807) is 18.7 Å². The standard InChI is InChI=1S/C18H19NO2S/c1-3-21-18(20)13-16(14-9-5-4-6-10-14)19-15-11-7-8-12-17(15)22-2/h4-13,19H,3H2,1-2H3/b16-13+. The quantitative estimate of drug-likeness (QED) is 0.486. The molecule has 2 aromatic carbocycles. The highest BCUT2D eigenvalue weighted by molar-refractivity contribution is 7.98. The van der Waals surface area contributed by atoms with Gasteiger partial charge in [-0.15, -0.1) is 11.8 Å². The van der Waals surface area contributed by atoms with Crippen molar-refractivity contribution in [1.29, 1.82) is 0 Å². The predicted molar refractivity (Wildman–Crippen MR) is 92.9 cm³/mol. The third-order valence-electron chi connectivity index (χ3n) is 3.01. The van der Waals surface area contributed by atoms with Crippen LogP contribution in [-0.2, 0) is 9.53 Å². The van der Waals surface area contributed by atoms with Crippen LogP contribution in [0.2, 0.25) is 0 Å². The number of thioether (sulfide) groups is 1. The molecule has 0 aromatic heterocycles. The largest absolute Gasteiger partial charge is 0.463 e. The van der Waals surface area contributed by atoms with Gasteiger partial charge < -0.3 is 10.1 Å². The summed E-state index contributed by atoms with van der Waals surface area (Å²) in [6.07, 6.45) is 3.52. The van der Waals surface area contributed by atoms with Crippen LogP contribution in [0.25, 0.3) is 5.70 Å². The minimum atomic E-state index is -0.351. The van der Waals surface area contributed by atoms with Gasteiger partial charge in [0.15, 0.2) is 0 Å². The summed E-state index contributed by atoms with van der Waals surface area (Å²) in [5.74, 6) is -0.351. The van der Waals surface area contributed by atoms with Crippen molar-refractivity contribution in [3.05, 3.63) is 66.2 Å². The van der Waals surface area contributed by atoms with Gasteiger partial charge >= 0.3 is 5.97 Å².